The number of ether oxygens (including phenoxy) is 1. The van der Waals surface area contributed by atoms with Crippen molar-refractivity contribution in [2.45, 2.75) is 12.3 Å². The third kappa shape index (κ3) is 2.07. The minimum atomic E-state index is 0.598. The van der Waals surface area contributed by atoms with Gasteiger partial charge in [0.15, 0.2) is 0 Å². The third-order valence-electron chi connectivity index (χ3n) is 2.96. The predicted octanol–water partition coefficient (Wildman–Crippen LogP) is 1.81. The molecule has 0 amide bonds. The minimum absolute atomic E-state index is 0.598. The number of rotatable bonds is 3. The van der Waals surface area contributed by atoms with Crippen molar-refractivity contribution in [3.8, 4) is 5.75 Å². The van der Waals surface area contributed by atoms with Gasteiger partial charge in [-0.3, -0.25) is 0 Å². The maximum Gasteiger partial charge on any atom is 0.119 e. The van der Waals surface area contributed by atoms with Gasteiger partial charge in [0.05, 0.1) is 7.11 Å². The first-order valence-electron chi connectivity index (χ1n) is 5.41. The molecule has 3 nitrogen and oxygen atoms in total. The highest BCUT2D eigenvalue weighted by molar-refractivity contribution is 5.57. The van der Waals surface area contributed by atoms with Crippen molar-refractivity contribution in [3.05, 3.63) is 23.8 Å². The number of anilines is 1. The van der Waals surface area contributed by atoms with Crippen LogP contribution < -0.4 is 15.4 Å². The second kappa shape index (κ2) is 4.53. The molecule has 0 radical (unpaired) electrons. The van der Waals surface area contributed by atoms with Crippen molar-refractivity contribution in [1.29, 1.82) is 0 Å². The summed E-state index contributed by atoms with van der Waals surface area (Å²) < 4.78 is 5.26. The molecule has 0 spiro atoms. The van der Waals surface area contributed by atoms with E-state index < -0.39 is 0 Å². The highest BCUT2D eigenvalue weighted by atomic mass is 16.5. The van der Waals surface area contributed by atoms with Gasteiger partial charge in [-0.05, 0) is 37.2 Å². The lowest BCUT2D eigenvalue weighted by Gasteiger charge is -2.27. The second-order valence-electron chi connectivity index (χ2n) is 3.92. The summed E-state index contributed by atoms with van der Waals surface area (Å²) in [6.45, 7) is 2.09. The number of hydrogen-bond donors (Lipinski definition) is 2. The SMILES string of the molecule is CNCC1CCNc2ccc(OC)cc21. The Kier molecular flexibility index (Phi) is 3.11. The molecule has 1 aromatic rings. The Morgan fingerprint density at radius 1 is 1.53 bits per heavy atom. The zero-order valence-electron chi connectivity index (χ0n) is 9.34. The highest BCUT2D eigenvalue weighted by Gasteiger charge is 2.19. The molecule has 15 heavy (non-hydrogen) atoms. The lowest BCUT2D eigenvalue weighted by atomic mass is 9.91. The molecule has 82 valence electrons. The minimum Gasteiger partial charge on any atom is -0.497 e. The van der Waals surface area contributed by atoms with E-state index in [-0.39, 0.29) is 0 Å². The predicted molar refractivity (Wildman–Crippen MR) is 62.8 cm³/mol. The Morgan fingerprint density at radius 3 is 3.13 bits per heavy atom. The largest absolute Gasteiger partial charge is 0.497 e. The Labute approximate surface area is 90.8 Å². The Bertz CT molecular complexity index is 338. The number of fused-ring (bicyclic) bond motifs is 1. The second-order valence-corrected chi connectivity index (χ2v) is 3.92. The molecule has 0 aliphatic carbocycles. The van der Waals surface area contributed by atoms with Crippen LogP contribution in [-0.4, -0.2) is 27.2 Å². The van der Waals surface area contributed by atoms with Gasteiger partial charge in [0.1, 0.15) is 5.75 Å². The molecule has 2 N–H and O–H groups in total. The van der Waals surface area contributed by atoms with Gasteiger partial charge in [-0.2, -0.15) is 0 Å². The fourth-order valence-corrected chi connectivity index (χ4v) is 2.16. The fraction of sp³-hybridized carbons (Fsp3) is 0.500. The van der Waals surface area contributed by atoms with Crippen LogP contribution in [0.4, 0.5) is 5.69 Å². The lowest BCUT2D eigenvalue weighted by Crippen LogP contribution is -2.24. The molecule has 0 bridgehead atoms. The summed E-state index contributed by atoms with van der Waals surface area (Å²) in [5.41, 5.74) is 2.62. The Morgan fingerprint density at radius 2 is 2.40 bits per heavy atom. The van der Waals surface area contributed by atoms with Crippen molar-refractivity contribution in [1.82, 2.24) is 5.32 Å². The van der Waals surface area contributed by atoms with E-state index >= 15 is 0 Å². The summed E-state index contributed by atoms with van der Waals surface area (Å²) in [5.74, 6) is 1.54. The molecule has 0 aromatic heterocycles. The molecular formula is C12H18N2O. The maximum absolute atomic E-state index is 5.26. The van der Waals surface area contributed by atoms with Gasteiger partial charge < -0.3 is 15.4 Å². The summed E-state index contributed by atoms with van der Waals surface area (Å²) in [7, 11) is 3.72. The van der Waals surface area contributed by atoms with E-state index in [2.05, 4.69) is 22.8 Å². The first kappa shape index (κ1) is 10.3. The van der Waals surface area contributed by atoms with E-state index in [0.717, 1.165) is 18.8 Å². The molecule has 3 heteroatoms. The van der Waals surface area contributed by atoms with Gasteiger partial charge in [0, 0.05) is 24.7 Å². The van der Waals surface area contributed by atoms with Crippen molar-refractivity contribution in [2.75, 3.05) is 32.6 Å². The van der Waals surface area contributed by atoms with E-state index in [1.165, 1.54) is 17.7 Å². The maximum atomic E-state index is 5.26. The van der Waals surface area contributed by atoms with Crippen LogP contribution >= 0.6 is 0 Å². The fourth-order valence-electron chi connectivity index (χ4n) is 2.16. The molecule has 2 rings (SSSR count). The van der Waals surface area contributed by atoms with Gasteiger partial charge in [-0.25, -0.2) is 0 Å². The van der Waals surface area contributed by atoms with Gasteiger partial charge in [0.2, 0.25) is 0 Å². The van der Waals surface area contributed by atoms with Crippen LogP contribution in [-0.2, 0) is 0 Å². The van der Waals surface area contributed by atoms with Crippen molar-refractivity contribution in [2.24, 2.45) is 0 Å². The average molecular weight is 206 g/mol. The number of benzene rings is 1. The van der Waals surface area contributed by atoms with Crippen molar-refractivity contribution in [3.63, 3.8) is 0 Å². The van der Waals surface area contributed by atoms with Gasteiger partial charge in [-0.1, -0.05) is 0 Å². The first-order chi connectivity index (χ1) is 7.35. The van der Waals surface area contributed by atoms with Crippen LogP contribution in [0.25, 0.3) is 0 Å². The van der Waals surface area contributed by atoms with Crippen LogP contribution in [0.5, 0.6) is 5.75 Å². The summed E-state index contributed by atoms with van der Waals surface area (Å²) in [6.07, 6.45) is 1.18. The van der Waals surface area contributed by atoms with Crippen LogP contribution in [0.1, 0.15) is 17.9 Å². The Hall–Kier alpha value is -1.22. The molecule has 1 aliphatic heterocycles. The number of nitrogens with one attached hydrogen (secondary N) is 2. The molecule has 1 heterocycles. The monoisotopic (exact) mass is 206 g/mol. The van der Waals surface area contributed by atoms with Crippen LogP contribution in [0.3, 0.4) is 0 Å². The van der Waals surface area contributed by atoms with Crippen molar-refractivity contribution >= 4 is 5.69 Å². The summed E-state index contributed by atoms with van der Waals surface area (Å²) in [5, 5.41) is 6.67. The zero-order chi connectivity index (χ0) is 10.7. The smallest absolute Gasteiger partial charge is 0.119 e. The molecule has 1 aromatic carbocycles. The lowest BCUT2D eigenvalue weighted by molar-refractivity contribution is 0.413. The normalized spacial score (nSPS) is 19.2. The number of likely N-dealkylation sites (N-methyl/N-ethyl adjacent to an activating group) is 1. The quantitative estimate of drug-likeness (QED) is 0.791. The van der Waals surface area contributed by atoms with Crippen LogP contribution in [0.15, 0.2) is 18.2 Å². The Balaban J connectivity index is 2.30. The third-order valence-corrected chi connectivity index (χ3v) is 2.96. The van der Waals surface area contributed by atoms with Crippen LogP contribution in [0.2, 0.25) is 0 Å². The van der Waals surface area contributed by atoms with E-state index in [1.54, 1.807) is 7.11 Å². The molecule has 0 saturated heterocycles. The van der Waals surface area contributed by atoms with Crippen LogP contribution in [0, 0.1) is 0 Å². The highest BCUT2D eigenvalue weighted by Crippen LogP contribution is 2.33. The van der Waals surface area contributed by atoms with Gasteiger partial charge >= 0.3 is 0 Å². The molecule has 0 fully saturated rings. The topological polar surface area (TPSA) is 33.3 Å². The molecular weight excluding hydrogens is 188 g/mol. The van der Waals surface area contributed by atoms with E-state index in [0.29, 0.717) is 5.92 Å². The molecule has 1 aliphatic rings. The van der Waals surface area contributed by atoms with E-state index in [9.17, 15) is 0 Å². The zero-order valence-corrected chi connectivity index (χ0v) is 9.34. The van der Waals surface area contributed by atoms with Gasteiger partial charge in [-0.15, -0.1) is 0 Å². The van der Waals surface area contributed by atoms with Gasteiger partial charge in [0.25, 0.3) is 0 Å². The number of methoxy groups -OCH3 is 1. The standard InChI is InChI=1S/C12H18N2O/c1-13-8-9-5-6-14-12-4-3-10(15-2)7-11(9)12/h3-4,7,9,13-14H,5-6,8H2,1-2H3. The average Bonchev–Trinajstić information content (AvgIpc) is 2.29. The summed E-state index contributed by atoms with van der Waals surface area (Å²) in [4.78, 5) is 0. The van der Waals surface area contributed by atoms with E-state index in [1.807, 2.05) is 13.1 Å². The number of hydrogen-bond acceptors (Lipinski definition) is 3. The molecule has 0 saturated carbocycles. The van der Waals surface area contributed by atoms with E-state index in [4.69, 9.17) is 4.74 Å². The molecule has 1 atom stereocenters. The van der Waals surface area contributed by atoms with Crippen molar-refractivity contribution < 1.29 is 4.74 Å². The first-order valence-corrected chi connectivity index (χ1v) is 5.41. The molecule has 1 unspecified atom stereocenters. The summed E-state index contributed by atoms with van der Waals surface area (Å²) >= 11 is 0. The summed E-state index contributed by atoms with van der Waals surface area (Å²) in [6, 6.07) is 6.26.